The van der Waals surface area contributed by atoms with E-state index in [9.17, 15) is 14.4 Å². The van der Waals surface area contributed by atoms with Crippen molar-refractivity contribution in [3.05, 3.63) is 77.4 Å². The van der Waals surface area contributed by atoms with Crippen LogP contribution in [0, 0.1) is 6.92 Å². The van der Waals surface area contributed by atoms with E-state index in [0.717, 1.165) is 16.3 Å². The second kappa shape index (κ2) is 9.12. The van der Waals surface area contributed by atoms with Gasteiger partial charge >= 0.3 is 0 Å². The van der Waals surface area contributed by atoms with Crippen LogP contribution in [0.25, 0.3) is 10.8 Å². The smallest absolute Gasteiger partial charge is 0.292 e. The van der Waals surface area contributed by atoms with E-state index < -0.39 is 11.7 Å². The molecular formula is C23H23N3O3. The lowest BCUT2D eigenvalue weighted by Gasteiger charge is -2.12. The Kier molecular flexibility index (Phi) is 6.36. The van der Waals surface area contributed by atoms with Gasteiger partial charge in [-0.3, -0.25) is 14.4 Å². The number of carbonyl (C=O) groups excluding carboxylic acids is 3. The van der Waals surface area contributed by atoms with Gasteiger partial charge in [-0.25, -0.2) is 0 Å². The number of anilines is 1. The van der Waals surface area contributed by atoms with Gasteiger partial charge in [0, 0.05) is 12.1 Å². The van der Waals surface area contributed by atoms with Gasteiger partial charge in [0.25, 0.3) is 17.6 Å². The predicted molar refractivity (Wildman–Crippen MR) is 114 cm³/mol. The molecule has 0 saturated heterocycles. The van der Waals surface area contributed by atoms with Crippen molar-refractivity contribution < 1.29 is 14.4 Å². The first kappa shape index (κ1) is 20.2. The molecule has 0 radical (unpaired) electrons. The second-order valence-electron chi connectivity index (χ2n) is 6.79. The highest BCUT2D eigenvalue weighted by Crippen LogP contribution is 2.21. The largest absolute Gasteiger partial charge is 0.349 e. The molecule has 6 nitrogen and oxygen atoms in total. The van der Waals surface area contributed by atoms with Gasteiger partial charge < -0.3 is 16.4 Å². The number of rotatable bonds is 7. The first-order valence-electron chi connectivity index (χ1n) is 9.43. The number of aryl methyl sites for hydroxylation is 1. The standard InChI is InChI=1S/C23H23N3O3/c1-15-7-10-20(19(13-15)21(27)23(29)25-12-4-11-24)26-22(28)18-9-8-16-5-2-3-6-17(16)14-18/h2-3,5-10,13-14H,4,11-12,24H2,1H3,(H,25,29)(H,26,28). The summed E-state index contributed by atoms with van der Waals surface area (Å²) < 4.78 is 0. The monoisotopic (exact) mass is 389 g/mol. The van der Waals surface area contributed by atoms with E-state index in [-0.39, 0.29) is 11.5 Å². The summed E-state index contributed by atoms with van der Waals surface area (Å²) in [6.45, 7) is 2.57. The number of carbonyl (C=O) groups is 3. The van der Waals surface area contributed by atoms with Gasteiger partial charge in [0.05, 0.1) is 11.3 Å². The van der Waals surface area contributed by atoms with Gasteiger partial charge in [-0.05, 0) is 54.9 Å². The lowest BCUT2D eigenvalue weighted by Crippen LogP contribution is -2.33. The van der Waals surface area contributed by atoms with Crippen molar-refractivity contribution in [2.45, 2.75) is 13.3 Å². The number of fused-ring (bicyclic) bond motifs is 1. The number of hydrogen-bond acceptors (Lipinski definition) is 4. The third-order valence-corrected chi connectivity index (χ3v) is 4.55. The minimum Gasteiger partial charge on any atom is -0.349 e. The number of ketones is 1. The lowest BCUT2D eigenvalue weighted by molar-refractivity contribution is -0.117. The fourth-order valence-corrected chi connectivity index (χ4v) is 2.99. The number of nitrogens with one attached hydrogen (secondary N) is 2. The Bertz CT molecular complexity index is 1080. The van der Waals surface area contributed by atoms with Crippen LogP contribution in [0.15, 0.2) is 60.7 Å². The molecule has 2 amide bonds. The molecule has 0 aliphatic heterocycles. The minimum atomic E-state index is -0.717. The molecule has 4 N–H and O–H groups in total. The van der Waals surface area contributed by atoms with Gasteiger partial charge in [-0.1, -0.05) is 42.0 Å². The molecular weight excluding hydrogens is 366 g/mol. The Morgan fingerprint density at radius 3 is 2.45 bits per heavy atom. The summed E-state index contributed by atoms with van der Waals surface area (Å²) in [4.78, 5) is 37.5. The summed E-state index contributed by atoms with van der Waals surface area (Å²) in [7, 11) is 0. The molecule has 0 heterocycles. The summed E-state index contributed by atoms with van der Waals surface area (Å²) in [5.41, 5.74) is 7.14. The van der Waals surface area contributed by atoms with Gasteiger partial charge in [-0.15, -0.1) is 0 Å². The highest BCUT2D eigenvalue weighted by molar-refractivity contribution is 6.44. The van der Waals surface area contributed by atoms with Crippen LogP contribution in [0.5, 0.6) is 0 Å². The zero-order valence-electron chi connectivity index (χ0n) is 16.2. The molecule has 0 aliphatic rings. The van der Waals surface area contributed by atoms with Gasteiger partial charge in [0.1, 0.15) is 0 Å². The molecule has 3 aromatic rings. The van der Waals surface area contributed by atoms with Crippen molar-refractivity contribution >= 4 is 34.1 Å². The maximum absolute atomic E-state index is 12.8. The summed E-state index contributed by atoms with van der Waals surface area (Å²) in [6.07, 6.45) is 0.582. The molecule has 0 atom stereocenters. The highest BCUT2D eigenvalue weighted by Gasteiger charge is 2.21. The van der Waals surface area contributed by atoms with Crippen molar-refractivity contribution in [1.29, 1.82) is 0 Å². The first-order valence-corrected chi connectivity index (χ1v) is 9.43. The first-order chi connectivity index (χ1) is 14.0. The van der Waals surface area contributed by atoms with E-state index in [0.29, 0.717) is 30.8 Å². The molecule has 29 heavy (non-hydrogen) atoms. The van der Waals surface area contributed by atoms with Crippen LogP contribution in [0.1, 0.15) is 32.7 Å². The Balaban J connectivity index is 1.83. The predicted octanol–water partition coefficient (Wildman–Crippen LogP) is 3.05. The van der Waals surface area contributed by atoms with E-state index >= 15 is 0 Å². The Hall–Kier alpha value is -3.51. The molecule has 0 unspecified atom stereocenters. The fraction of sp³-hybridized carbons (Fsp3) is 0.174. The normalized spacial score (nSPS) is 10.6. The van der Waals surface area contributed by atoms with Crippen molar-refractivity contribution in [2.24, 2.45) is 5.73 Å². The Morgan fingerprint density at radius 1 is 0.931 bits per heavy atom. The van der Waals surface area contributed by atoms with Crippen molar-refractivity contribution in [2.75, 3.05) is 18.4 Å². The van der Waals surface area contributed by atoms with Crippen LogP contribution >= 0.6 is 0 Å². The van der Waals surface area contributed by atoms with E-state index in [1.165, 1.54) is 0 Å². The number of Topliss-reactive ketones (excluding diaryl/α,β-unsaturated/α-hetero) is 1. The second-order valence-corrected chi connectivity index (χ2v) is 6.79. The molecule has 0 aliphatic carbocycles. The molecule has 0 spiro atoms. The molecule has 0 fully saturated rings. The minimum absolute atomic E-state index is 0.157. The Morgan fingerprint density at radius 2 is 1.69 bits per heavy atom. The van der Waals surface area contributed by atoms with Crippen molar-refractivity contribution in [3.8, 4) is 0 Å². The molecule has 0 saturated carbocycles. The van der Waals surface area contributed by atoms with Gasteiger partial charge in [-0.2, -0.15) is 0 Å². The van der Waals surface area contributed by atoms with Crippen LogP contribution in [-0.2, 0) is 4.79 Å². The van der Waals surface area contributed by atoms with Crippen LogP contribution < -0.4 is 16.4 Å². The average Bonchev–Trinajstić information content (AvgIpc) is 2.74. The van der Waals surface area contributed by atoms with Crippen LogP contribution in [0.4, 0.5) is 5.69 Å². The maximum atomic E-state index is 12.8. The van der Waals surface area contributed by atoms with E-state index in [4.69, 9.17) is 5.73 Å². The van der Waals surface area contributed by atoms with Gasteiger partial charge in [0.2, 0.25) is 0 Å². The van der Waals surface area contributed by atoms with E-state index in [1.807, 2.05) is 37.3 Å². The third kappa shape index (κ3) is 4.86. The zero-order chi connectivity index (χ0) is 20.8. The maximum Gasteiger partial charge on any atom is 0.292 e. The molecule has 3 aromatic carbocycles. The zero-order valence-corrected chi connectivity index (χ0v) is 16.2. The molecule has 3 rings (SSSR count). The molecule has 6 heteroatoms. The van der Waals surface area contributed by atoms with Crippen molar-refractivity contribution in [1.82, 2.24) is 5.32 Å². The topological polar surface area (TPSA) is 101 Å². The van der Waals surface area contributed by atoms with Crippen LogP contribution in [0.3, 0.4) is 0 Å². The SMILES string of the molecule is Cc1ccc(NC(=O)c2ccc3ccccc3c2)c(C(=O)C(=O)NCCCN)c1. The third-order valence-electron chi connectivity index (χ3n) is 4.55. The number of hydrogen-bond donors (Lipinski definition) is 3. The van der Waals surface area contributed by atoms with Crippen molar-refractivity contribution in [3.63, 3.8) is 0 Å². The summed E-state index contributed by atoms with van der Waals surface area (Å²) in [6, 6.07) is 18.1. The molecule has 0 bridgehead atoms. The Labute approximate surface area is 169 Å². The molecule has 0 aromatic heterocycles. The van der Waals surface area contributed by atoms with E-state index in [1.54, 1.807) is 30.3 Å². The average molecular weight is 389 g/mol. The quantitative estimate of drug-likeness (QED) is 0.328. The number of nitrogens with two attached hydrogens (primary N) is 1. The van der Waals surface area contributed by atoms with Crippen LogP contribution in [0.2, 0.25) is 0 Å². The van der Waals surface area contributed by atoms with Gasteiger partial charge in [0.15, 0.2) is 0 Å². The number of benzene rings is 3. The molecule has 148 valence electrons. The number of amides is 2. The summed E-state index contributed by atoms with van der Waals surface area (Å²) >= 11 is 0. The lowest BCUT2D eigenvalue weighted by atomic mass is 10.0. The highest BCUT2D eigenvalue weighted by atomic mass is 16.2. The fourth-order valence-electron chi connectivity index (χ4n) is 2.99. The summed E-state index contributed by atoms with van der Waals surface area (Å²) in [5.74, 6) is -1.76. The summed E-state index contributed by atoms with van der Waals surface area (Å²) in [5, 5.41) is 7.29. The van der Waals surface area contributed by atoms with Crippen LogP contribution in [-0.4, -0.2) is 30.7 Å². The van der Waals surface area contributed by atoms with E-state index in [2.05, 4.69) is 10.6 Å².